The number of aliphatic carboxylic acids is 4. The second kappa shape index (κ2) is 16.4. The molecule has 13 nitrogen and oxygen atoms in total. The van der Waals surface area contributed by atoms with Crippen molar-refractivity contribution in [3.05, 3.63) is 29.8 Å². The molecule has 2 aliphatic rings. The molecule has 1 heterocycles. The van der Waals surface area contributed by atoms with Gasteiger partial charge < -0.3 is 20.4 Å². The summed E-state index contributed by atoms with van der Waals surface area (Å²) in [6.45, 7) is 0.182. The Hall–Kier alpha value is -3.26. The van der Waals surface area contributed by atoms with Crippen molar-refractivity contribution in [2.45, 2.75) is 50.2 Å². The molecule has 1 saturated heterocycles. The zero-order valence-electron chi connectivity index (χ0n) is 23.5. The van der Waals surface area contributed by atoms with Crippen molar-refractivity contribution < 1.29 is 39.6 Å². The molecule has 2 fully saturated rings. The van der Waals surface area contributed by atoms with E-state index in [0.717, 1.165) is 18.4 Å². The molecule has 1 unspecified atom stereocenters. The molecule has 1 saturated carbocycles. The van der Waals surface area contributed by atoms with Crippen molar-refractivity contribution in [2.24, 2.45) is 4.99 Å². The van der Waals surface area contributed by atoms with Gasteiger partial charge in [-0.1, -0.05) is 25.0 Å². The van der Waals surface area contributed by atoms with Gasteiger partial charge in [0.05, 0.1) is 37.0 Å². The summed E-state index contributed by atoms with van der Waals surface area (Å²) in [7, 11) is 0. The first-order valence-electron chi connectivity index (χ1n) is 14.0. The molecule has 0 amide bonds. The number of carbonyl (C=O) groups is 4. The highest BCUT2D eigenvalue weighted by molar-refractivity contribution is 7.78. The van der Waals surface area contributed by atoms with E-state index in [0.29, 0.717) is 31.5 Å². The third-order valence-corrected chi connectivity index (χ3v) is 8.05. The van der Waals surface area contributed by atoms with Crippen molar-refractivity contribution in [1.82, 2.24) is 19.6 Å². The average Bonchev–Trinajstić information content (AvgIpc) is 2.92. The zero-order chi connectivity index (χ0) is 30.6. The molecule has 230 valence electrons. The fourth-order valence-corrected chi connectivity index (χ4v) is 6.25. The second-order valence-corrected chi connectivity index (χ2v) is 11.1. The van der Waals surface area contributed by atoms with Gasteiger partial charge in [0.25, 0.3) is 0 Å². The summed E-state index contributed by atoms with van der Waals surface area (Å²) in [5, 5.41) is 41.3. The van der Waals surface area contributed by atoms with Crippen LogP contribution >= 0.6 is 12.2 Å². The maximum atomic E-state index is 12.1. The third-order valence-electron chi connectivity index (χ3n) is 7.96. The van der Waals surface area contributed by atoms with Crippen LogP contribution in [0.25, 0.3) is 0 Å². The Bertz CT molecular complexity index is 1150. The van der Waals surface area contributed by atoms with Gasteiger partial charge in [0.2, 0.25) is 0 Å². The van der Waals surface area contributed by atoms with Crippen LogP contribution in [0.5, 0.6) is 0 Å². The molecule has 4 N–H and O–H groups in total. The monoisotopic (exact) mass is 605 g/mol. The minimum absolute atomic E-state index is 0.228. The summed E-state index contributed by atoms with van der Waals surface area (Å²) in [5.41, 5.74) is 1.51. The Balaban J connectivity index is 2.06. The number of fused-ring (bicyclic) bond motifs is 1. The Morgan fingerprint density at radius 2 is 1.24 bits per heavy atom. The maximum absolute atomic E-state index is 12.1. The predicted octanol–water partition coefficient (Wildman–Crippen LogP) is 1.20. The minimum Gasteiger partial charge on any atom is -0.480 e. The number of benzene rings is 1. The third kappa shape index (κ3) is 10.5. The largest absolute Gasteiger partial charge is 0.480 e. The molecule has 3 atom stereocenters. The van der Waals surface area contributed by atoms with E-state index in [2.05, 4.69) is 22.4 Å². The standard InChI is InChI=1S/C28H39N5O8S/c34-25(35)15-30-9-11-31(16-26(36)37)22(13-20-5-7-21(8-6-20)29-19-42)14-33(18-28(40)41)24-4-2-1-3-23(24)32(12-10-30)17-27(38)39/h5-8,22-24H,1-4,9-18H2,(H,34,35)(H,36,37)(H,38,39)(H,40,41)/t22?,23-,24-/m0/s1. The number of carboxylic acid groups (broad SMARTS) is 4. The summed E-state index contributed by atoms with van der Waals surface area (Å²) in [4.78, 5) is 58.8. The number of rotatable bonds is 11. The molecule has 3 rings (SSSR count). The highest BCUT2D eigenvalue weighted by Crippen LogP contribution is 2.29. The van der Waals surface area contributed by atoms with E-state index in [1.165, 1.54) is 0 Å². The Morgan fingerprint density at radius 1 is 0.738 bits per heavy atom. The Morgan fingerprint density at radius 3 is 1.79 bits per heavy atom. The van der Waals surface area contributed by atoms with E-state index < -0.39 is 29.9 Å². The molecule has 1 aliphatic heterocycles. The van der Waals surface area contributed by atoms with Gasteiger partial charge in [0.1, 0.15) is 0 Å². The molecule has 0 bridgehead atoms. The van der Waals surface area contributed by atoms with Crippen LogP contribution < -0.4 is 0 Å². The van der Waals surface area contributed by atoms with E-state index in [4.69, 9.17) is 0 Å². The smallest absolute Gasteiger partial charge is 0.317 e. The van der Waals surface area contributed by atoms with Gasteiger partial charge in [0, 0.05) is 50.8 Å². The van der Waals surface area contributed by atoms with Gasteiger partial charge in [-0.2, -0.15) is 4.99 Å². The molecule has 1 aliphatic carbocycles. The van der Waals surface area contributed by atoms with Crippen molar-refractivity contribution in [3.63, 3.8) is 0 Å². The number of hydrogen-bond donors (Lipinski definition) is 4. The lowest BCUT2D eigenvalue weighted by atomic mass is 9.87. The number of isothiocyanates is 1. The average molecular weight is 606 g/mol. The number of hydrogen-bond acceptors (Lipinski definition) is 10. The van der Waals surface area contributed by atoms with E-state index in [1.54, 1.807) is 21.9 Å². The minimum atomic E-state index is -1.05. The highest BCUT2D eigenvalue weighted by Gasteiger charge is 2.38. The lowest BCUT2D eigenvalue weighted by Crippen LogP contribution is -2.60. The molecule has 0 spiro atoms. The molecular weight excluding hydrogens is 566 g/mol. The van der Waals surface area contributed by atoms with E-state index >= 15 is 0 Å². The Kier molecular flexibility index (Phi) is 13.0. The summed E-state index contributed by atoms with van der Waals surface area (Å²) in [5.74, 6) is -4.10. The lowest BCUT2D eigenvalue weighted by Gasteiger charge is -2.47. The van der Waals surface area contributed by atoms with E-state index in [1.807, 2.05) is 21.9 Å². The van der Waals surface area contributed by atoms with Crippen molar-refractivity contribution in [2.75, 3.05) is 58.9 Å². The normalized spacial score (nSPS) is 23.5. The van der Waals surface area contributed by atoms with Crippen LogP contribution in [0.15, 0.2) is 29.3 Å². The number of thiocarbonyl (C=S) groups is 1. The molecule has 42 heavy (non-hydrogen) atoms. The van der Waals surface area contributed by atoms with Gasteiger partial charge in [-0.05, 0) is 49.2 Å². The van der Waals surface area contributed by atoms with Gasteiger partial charge in [-0.25, -0.2) is 0 Å². The first-order valence-corrected chi connectivity index (χ1v) is 14.4. The van der Waals surface area contributed by atoms with Crippen LogP contribution in [0, 0.1) is 0 Å². The predicted molar refractivity (Wildman–Crippen MR) is 156 cm³/mol. The van der Waals surface area contributed by atoms with E-state index in [-0.39, 0.29) is 64.4 Å². The summed E-state index contributed by atoms with van der Waals surface area (Å²) in [6, 6.07) is 6.32. The van der Waals surface area contributed by atoms with Gasteiger partial charge in [-0.15, -0.1) is 0 Å². The Labute approximate surface area is 250 Å². The number of nitrogens with zero attached hydrogens (tertiary/aromatic N) is 5. The van der Waals surface area contributed by atoms with Gasteiger partial charge in [-0.3, -0.25) is 38.8 Å². The lowest BCUT2D eigenvalue weighted by molar-refractivity contribution is -0.144. The van der Waals surface area contributed by atoms with Crippen molar-refractivity contribution in [3.8, 4) is 0 Å². The van der Waals surface area contributed by atoms with Crippen LogP contribution in [-0.4, -0.2) is 146 Å². The van der Waals surface area contributed by atoms with Crippen molar-refractivity contribution in [1.29, 1.82) is 0 Å². The maximum Gasteiger partial charge on any atom is 0.317 e. The molecule has 0 aromatic heterocycles. The molecule has 1 aromatic rings. The van der Waals surface area contributed by atoms with Crippen molar-refractivity contribution >= 4 is 46.9 Å². The first kappa shape index (κ1) is 33.2. The number of carboxylic acids is 4. The molecule has 14 heteroatoms. The highest BCUT2D eigenvalue weighted by atomic mass is 32.1. The van der Waals surface area contributed by atoms with E-state index in [9.17, 15) is 39.6 Å². The topological polar surface area (TPSA) is 175 Å². The SMILES string of the molecule is O=C(O)CN1CCN(CC(=O)O)C(Cc2ccc(N=C=S)cc2)CN(CC(=O)O)[C@H]2CCCC[C@@H]2N(CC(=O)O)CC1. The fourth-order valence-electron chi connectivity index (χ4n) is 6.15. The van der Waals surface area contributed by atoms with Gasteiger partial charge >= 0.3 is 23.9 Å². The van der Waals surface area contributed by atoms with Gasteiger partial charge in [0.15, 0.2) is 0 Å². The quantitative estimate of drug-likeness (QED) is 0.209. The van der Waals surface area contributed by atoms with Crippen LogP contribution in [0.3, 0.4) is 0 Å². The summed E-state index contributed by atoms with van der Waals surface area (Å²) >= 11 is 4.68. The fraction of sp³-hybridized carbons (Fsp3) is 0.607. The van der Waals surface area contributed by atoms with Crippen LogP contribution in [-0.2, 0) is 25.6 Å². The van der Waals surface area contributed by atoms with Crippen LogP contribution in [0.2, 0.25) is 0 Å². The number of aliphatic imine (C=N–C) groups is 1. The summed E-state index contributed by atoms with van der Waals surface area (Å²) < 4.78 is 0. The molecule has 0 radical (unpaired) electrons. The van der Waals surface area contributed by atoms with Crippen LogP contribution in [0.1, 0.15) is 31.2 Å². The second-order valence-electron chi connectivity index (χ2n) is 10.9. The molecule has 1 aromatic carbocycles. The molecular formula is C28H39N5O8S. The first-order chi connectivity index (χ1) is 20.0. The zero-order valence-corrected chi connectivity index (χ0v) is 24.3. The summed E-state index contributed by atoms with van der Waals surface area (Å²) in [6.07, 6.45) is 3.47. The van der Waals surface area contributed by atoms with Crippen LogP contribution in [0.4, 0.5) is 5.69 Å².